The van der Waals surface area contributed by atoms with E-state index in [0.29, 0.717) is 43.0 Å². The molecule has 0 unspecified atom stereocenters. The van der Waals surface area contributed by atoms with Gasteiger partial charge in [0.15, 0.2) is 11.5 Å². The Labute approximate surface area is 200 Å². The molecule has 0 N–H and O–H groups in total. The highest BCUT2D eigenvalue weighted by Crippen LogP contribution is 2.30. The molecule has 0 bridgehead atoms. The summed E-state index contributed by atoms with van der Waals surface area (Å²) in [5.41, 5.74) is 3.53. The van der Waals surface area contributed by atoms with E-state index in [1.54, 1.807) is 18.8 Å². The van der Waals surface area contributed by atoms with Gasteiger partial charge < -0.3 is 14.2 Å². The average molecular weight is 465 g/mol. The molecule has 0 amide bonds. The van der Waals surface area contributed by atoms with Crippen molar-refractivity contribution >= 4 is 11.6 Å². The number of aromatic nitrogens is 2. The van der Waals surface area contributed by atoms with E-state index in [-0.39, 0.29) is 5.56 Å². The van der Waals surface area contributed by atoms with Gasteiger partial charge in [0.2, 0.25) is 5.95 Å². The van der Waals surface area contributed by atoms with Crippen LogP contribution >= 0.6 is 0 Å². The maximum atomic E-state index is 13.1. The van der Waals surface area contributed by atoms with Crippen LogP contribution in [0.4, 0.5) is 11.6 Å². The van der Waals surface area contributed by atoms with Crippen molar-refractivity contribution < 1.29 is 14.2 Å². The maximum Gasteiger partial charge on any atom is 0.259 e. The van der Waals surface area contributed by atoms with E-state index in [1.165, 1.54) is 0 Å². The predicted molar refractivity (Wildman–Crippen MR) is 133 cm³/mol. The number of rotatable bonds is 8. The number of aryl methyl sites for hydroxylation is 1. The van der Waals surface area contributed by atoms with Crippen LogP contribution in [-0.4, -0.2) is 48.5 Å². The van der Waals surface area contributed by atoms with Gasteiger partial charge in [0.25, 0.3) is 5.56 Å². The molecule has 0 fully saturated rings. The number of hydrogen-bond donors (Lipinski definition) is 0. The SMILES string of the molecule is CCOc1ccc(N2CN(CCc3ccc(OC)c(OC)c3)Cn3c2nc(C)c(C)c3=O)cc1. The summed E-state index contributed by atoms with van der Waals surface area (Å²) in [4.78, 5) is 22.3. The molecule has 3 aromatic rings. The molecule has 0 spiro atoms. The Morgan fingerprint density at radius 1 is 0.971 bits per heavy atom. The highest BCUT2D eigenvalue weighted by atomic mass is 16.5. The van der Waals surface area contributed by atoms with E-state index in [2.05, 4.69) is 9.80 Å². The topological polar surface area (TPSA) is 69.1 Å². The first-order chi connectivity index (χ1) is 16.4. The van der Waals surface area contributed by atoms with E-state index < -0.39 is 0 Å². The number of methoxy groups -OCH3 is 2. The molecule has 0 saturated heterocycles. The molecule has 180 valence electrons. The zero-order valence-electron chi connectivity index (χ0n) is 20.5. The second-order valence-electron chi connectivity index (χ2n) is 8.33. The van der Waals surface area contributed by atoms with Gasteiger partial charge in [0.05, 0.1) is 34.2 Å². The van der Waals surface area contributed by atoms with Crippen molar-refractivity contribution in [1.29, 1.82) is 0 Å². The van der Waals surface area contributed by atoms with Gasteiger partial charge in [-0.05, 0) is 69.2 Å². The fourth-order valence-electron chi connectivity index (χ4n) is 4.13. The fraction of sp³-hybridized carbons (Fsp3) is 0.385. The van der Waals surface area contributed by atoms with Crippen molar-refractivity contribution in [2.45, 2.75) is 33.9 Å². The maximum absolute atomic E-state index is 13.1. The quantitative estimate of drug-likeness (QED) is 0.501. The Bertz CT molecular complexity index is 1210. The van der Waals surface area contributed by atoms with Crippen LogP contribution in [-0.2, 0) is 13.1 Å². The van der Waals surface area contributed by atoms with Gasteiger partial charge in [-0.1, -0.05) is 6.07 Å². The number of ether oxygens (including phenoxy) is 3. The van der Waals surface area contributed by atoms with Crippen molar-refractivity contribution in [1.82, 2.24) is 14.5 Å². The molecule has 34 heavy (non-hydrogen) atoms. The van der Waals surface area contributed by atoms with E-state index in [9.17, 15) is 4.79 Å². The van der Waals surface area contributed by atoms with Crippen LogP contribution in [0.15, 0.2) is 47.3 Å². The minimum absolute atomic E-state index is 0.00532. The number of benzene rings is 2. The van der Waals surface area contributed by atoms with Crippen LogP contribution in [0, 0.1) is 13.8 Å². The Hall–Kier alpha value is -3.52. The molecule has 1 aliphatic rings. The molecular formula is C26H32N4O4. The van der Waals surface area contributed by atoms with Crippen molar-refractivity contribution in [3.63, 3.8) is 0 Å². The molecule has 2 aromatic carbocycles. The summed E-state index contributed by atoms with van der Waals surface area (Å²) in [6.45, 7) is 8.18. The van der Waals surface area contributed by atoms with Crippen LogP contribution in [0.1, 0.15) is 23.7 Å². The summed E-state index contributed by atoms with van der Waals surface area (Å²) in [7, 11) is 3.27. The molecule has 2 heterocycles. The van der Waals surface area contributed by atoms with Gasteiger partial charge in [-0.2, -0.15) is 0 Å². The lowest BCUT2D eigenvalue weighted by Crippen LogP contribution is -2.48. The Balaban J connectivity index is 1.62. The van der Waals surface area contributed by atoms with Crippen LogP contribution in [0.25, 0.3) is 0 Å². The highest BCUT2D eigenvalue weighted by molar-refractivity contribution is 5.59. The van der Waals surface area contributed by atoms with Crippen molar-refractivity contribution in [3.8, 4) is 17.2 Å². The summed E-state index contributed by atoms with van der Waals surface area (Å²) in [6, 6.07) is 13.9. The molecule has 0 saturated carbocycles. The zero-order valence-corrected chi connectivity index (χ0v) is 20.5. The van der Waals surface area contributed by atoms with E-state index in [1.807, 2.05) is 63.2 Å². The van der Waals surface area contributed by atoms with Crippen LogP contribution in [0.3, 0.4) is 0 Å². The Morgan fingerprint density at radius 3 is 2.38 bits per heavy atom. The van der Waals surface area contributed by atoms with Gasteiger partial charge in [-0.25, -0.2) is 4.98 Å². The van der Waals surface area contributed by atoms with Crippen molar-refractivity contribution in [3.05, 3.63) is 69.6 Å². The van der Waals surface area contributed by atoms with Gasteiger partial charge in [-0.3, -0.25) is 19.2 Å². The Morgan fingerprint density at radius 2 is 1.71 bits per heavy atom. The Kier molecular flexibility index (Phi) is 7.07. The standard InChI is InChI=1S/C26H32N4O4/c1-6-34-22-10-8-21(9-11-22)29-16-28(17-30-25(31)18(2)19(3)27-26(29)30)14-13-20-7-12-23(32-4)24(15-20)33-5/h7-12,15H,6,13-14,16-17H2,1-5H3. The molecule has 1 aromatic heterocycles. The lowest BCUT2D eigenvalue weighted by atomic mass is 10.1. The smallest absolute Gasteiger partial charge is 0.259 e. The van der Waals surface area contributed by atoms with Crippen LogP contribution < -0.4 is 24.7 Å². The van der Waals surface area contributed by atoms with Crippen molar-refractivity contribution in [2.75, 3.05) is 38.9 Å². The van der Waals surface area contributed by atoms with E-state index in [4.69, 9.17) is 19.2 Å². The highest BCUT2D eigenvalue weighted by Gasteiger charge is 2.27. The third kappa shape index (κ3) is 4.72. The number of nitrogens with zero attached hydrogens (tertiary/aromatic N) is 4. The van der Waals surface area contributed by atoms with Crippen LogP contribution in [0.5, 0.6) is 17.2 Å². The zero-order chi connectivity index (χ0) is 24.2. The first-order valence-corrected chi connectivity index (χ1v) is 11.5. The molecular weight excluding hydrogens is 432 g/mol. The van der Waals surface area contributed by atoms with Crippen LogP contribution in [0.2, 0.25) is 0 Å². The number of anilines is 2. The third-order valence-electron chi connectivity index (χ3n) is 6.17. The van der Waals surface area contributed by atoms with Gasteiger partial charge >= 0.3 is 0 Å². The first-order valence-electron chi connectivity index (χ1n) is 11.5. The molecule has 1 aliphatic heterocycles. The first kappa shape index (κ1) is 23.6. The lowest BCUT2D eigenvalue weighted by Gasteiger charge is -2.38. The molecule has 8 nitrogen and oxygen atoms in total. The molecule has 0 aliphatic carbocycles. The molecule has 0 atom stereocenters. The van der Waals surface area contributed by atoms with Gasteiger partial charge in [-0.15, -0.1) is 0 Å². The summed E-state index contributed by atoms with van der Waals surface area (Å²) < 4.78 is 18.2. The minimum atomic E-state index is -0.00532. The fourth-order valence-corrected chi connectivity index (χ4v) is 4.13. The monoisotopic (exact) mass is 464 g/mol. The van der Waals surface area contributed by atoms with E-state index >= 15 is 0 Å². The molecule has 4 rings (SSSR count). The molecule has 0 radical (unpaired) electrons. The normalized spacial score (nSPS) is 13.5. The number of hydrogen-bond acceptors (Lipinski definition) is 7. The largest absolute Gasteiger partial charge is 0.494 e. The van der Waals surface area contributed by atoms with E-state index in [0.717, 1.165) is 35.7 Å². The third-order valence-corrected chi connectivity index (χ3v) is 6.17. The summed E-state index contributed by atoms with van der Waals surface area (Å²) in [5, 5.41) is 0. The average Bonchev–Trinajstić information content (AvgIpc) is 2.86. The minimum Gasteiger partial charge on any atom is -0.494 e. The van der Waals surface area contributed by atoms with Crippen molar-refractivity contribution in [2.24, 2.45) is 0 Å². The molecule has 8 heteroatoms. The lowest BCUT2D eigenvalue weighted by molar-refractivity contribution is 0.200. The summed E-state index contributed by atoms with van der Waals surface area (Å²) in [5.74, 6) is 2.91. The summed E-state index contributed by atoms with van der Waals surface area (Å²) in [6.07, 6.45) is 0.805. The second kappa shape index (κ2) is 10.2. The second-order valence-corrected chi connectivity index (χ2v) is 8.33. The predicted octanol–water partition coefficient (Wildman–Crippen LogP) is 3.89. The van der Waals surface area contributed by atoms with Gasteiger partial charge in [0, 0.05) is 23.5 Å². The summed E-state index contributed by atoms with van der Waals surface area (Å²) >= 11 is 0. The number of fused-ring (bicyclic) bond motifs is 1. The van der Waals surface area contributed by atoms with Gasteiger partial charge in [0.1, 0.15) is 5.75 Å².